The maximum absolute atomic E-state index is 13.4. The molecule has 31 heavy (non-hydrogen) atoms. The number of H-pyrrole nitrogens is 1. The number of carbonyl (C=O) groups is 2. The van der Waals surface area contributed by atoms with Crippen molar-refractivity contribution in [2.24, 2.45) is 5.92 Å². The first-order chi connectivity index (χ1) is 14.8. The number of halogens is 3. The molecule has 0 radical (unpaired) electrons. The van der Waals surface area contributed by atoms with Gasteiger partial charge in [0.05, 0.1) is 17.8 Å². The van der Waals surface area contributed by atoms with E-state index in [0.29, 0.717) is 42.2 Å². The molecule has 2 aromatic heterocycles. The molecule has 1 aliphatic heterocycles. The fourth-order valence-corrected chi connectivity index (χ4v) is 3.70. The number of anilines is 1. The van der Waals surface area contributed by atoms with Crippen molar-refractivity contribution in [3.8, 4) is 11.4 Å². The summed E-state index contributed by atoms with van der Waals surface area (Å²) in [5.74, 6) is -5.75. The second kappa shape index (κ2) is 8.21. The van der Waals surface area contributed by atoms with E-state index in [1.165, 1.54) is 0 Å². The van der Waals surface area contributed by atoms with E-state index < -0.39 is 35.3 Å². The predicted octanol–water partition coefficient (Wildman–Crippen LogP) is 3.38. The first-order valence-corrected chi connectivity index (χ1v) is 9.57. The molecule has 10 heteroatoms. The summed E-state index contributed by atoms with van der Waals surface area (Å²) in [6.45, 7) is 2.07. The Bertz CT molecular complexity index is 1110. The summed E-state index contributed by atoms with van der Waals surface area (Å²) in [5, 5.41) is 2.40. The highest BCUT2D eigenvalue weighted by Gasteiger charge is 2.39. The Labute approximate surface area is 175 Å². The molecular weight excluding hydrogens is 411 g/mol. The van der Waals surface area contributed by atoms with Crippen LogP contribution in [0, 0.1) is 23.4 Å². The van der Waals surface area contributed by atoms with Crippen LogP contribution in [0.5, 0.6) is 0 Å². The van der Waals surface area contributed by atoms with E-state index in [2.05, 4.69) is 20.3 Å². The minimum Gasteiger partial charge on any atom is -0.349 e. The minimum absolute atomic E-state index is 0.184. The quantitative estimate of drug-likeness (QED) is 0.622. The highest BCUT2D eigenvalue weighted by atomic mass is 19.2. The number of nitrogens with zero attached hydrogens (tertiary/aromatic N) is 3. The number of amides is 2. The number of carbonyl (C=O) groups excluding carboxylic acids is 2. The van der Waals surface area contributed by atoms with Crippen LogP contribution in [-0.4, -0.2) is 44.3 Å². The van der Waals surface area contributed by atoms with Crippen molar-refractivity contribution >= 4 is 17.5 Å². The SMILES string of the molecule is C[C@H]1[C@@H](C(=O)Nc2cc(F)c(F)c(F)c2)CCN1C(=O)c1ccc(-c2cnccn2)[nH]1. The molecule has 2 amide bonds. The molecule has 3 heterocycles. The Kier molecular flexibility index (Phi) is 5.45. The van der Waals surface area contributed by atoms with Crippen LogP contribution in [0.1, 0.15) is 23.8 Å². The van der Waals surface area contributed by atoms with Crippen molar-refractivity contribution in [3.63, 3.8) is 0 Å². The van der Waals surface area contributed by atoms with Gasteiger partial charge in [-0.3, -0.25) is 19.6 Å². The minimum atomic E-state index is -1.60. The lowest BCUT2D eigenvalue weighted by Crippen LogP contribution is -2.39. The van der Waals surface area contributed by atoms with Crippen LogP contribution in [0.2, 0.25) is 0 Å². The van der Waals surface area contributed by atoms with Crippen molar-refractivity contribution < 1.29 is 22.8 Å². The first-order valence-electron chi connectivity index (χ1n) is 9.57. The lowest BCUT2D eigenvalue weighted by Gasteiger charge is -2.24. The van der Waals surface area contributed by atoms with Crippen molar-refractivity contribution in [2.75, 3.05) is 11.9 Å². The zero-order chi connectivity index (χ0) is 22.1. The van der Waals surface area contributed by atoms with Crippen LogP contribution in [-0.2, 0) is 4.79 Å². The van der Waals surface area contributed by atoms with E-state index in [1.807, 2.05) is 0 Å². The fraction of sp³-hybridized carbons (Fsp3) is 0.238. The Balaban J connectivity index is 1.45. The van der Waals surface area contributed by atoms with Gasteiger partial charge in [0, 0.05) is 42.8 Å². The maximum atomic E-state index is 13.4. The first kappa shape index (κ1) is 20.6. The highest BCUT2D eigenvalue weighted by Crippen LogP contribution is 2.28. The van der Waals surface area contributed by atoms with Crippen LogP contribution in [0.4, 0.5) is 18.9 Å². The molecule has 0 unspecified atom stereocenters. The van der Waals surface area contributed by atoms with Gasteiger partial charge in [0.25, 0.3) is 5.91 Å². The maximum Gasteiger partial charge on any atom is 0.270 e. The summed E-state index contributed by atoms with van der Waals surface area (Å²) >= 11 is 0. The average molecular weight is 429 g/mol. The Hall–Kier alpha value is -3.69. The topological polar surface area (TPSA) is 91.0 Å². The molecule has 1 saturated heterocycles. The summed E-state index contributed by atoms with van der Waals surface area (Å²) in [6, 6.07) is 4.33. The normalized spacial score (nSPS) is 18.3. The molecule has 1 fully saturated rings. The second-order valence-electron chi connectivity index (χ2n) is 7.25. The van der Waals surface area contributed by atoms with Crippen molar-refractivity contribution in [1.29, 1.82) is 0 Å². The lowest BCUT2D eigenvalue weighted by molar-refractivity contribution is -0.120. The van der Waals surface area contributed by atoms with Crippen LogP contribution < -0.4 is 5.32 Å². The predicted molar refractivity (Wildman–Crippen MR) is 105 cm³/mol. The zero-order valence-corrected chi connectivity index (χ0v) is 16.4. The lowest BCUT2D eigenvalue weighted by atomic mass is 10.0. The van der Waals surface area contributed by atoms with Gasteiger partial charge in [-0.2, -0.15) is 0 Å². The molecule has 0 saturated carbocycles. The molecule has 2 atom stereocenters. The molecule has 0 aliphatic carbocycles. The molecule has 160 valence electrons. The Morgan fingerprint density at radius 2 is 1.90 bits per heavy atom. The van der Waals surface area contributed by atoms with E-state index in [4.69, 9.17) is 0 Å². The van der Waals surface area contributed by atoms with Gasteiger partial charge in [0.1, 0.15) is 11.4 Å². The summed E-state index contributed by atoms with van der Waals surface area (Å²) in [6.07, 6.45) is 5.04. The van der Waals surface area contributed by atoms with Gasteiger partial charge in [-0.05, 0) is 25.5 Å². The molecule has 7 nitrogen and oxygen atoms in total. The highest BCUT2D eigenvalue weighted by molar-refractivity contribution is 5.96. The van der Waals surface area contributed by atoms with Crippen molar-refractivity contribution in [2.45, 2.75) is 19.4 Å². The fourth-order valence-electron chi connectivity index (χ4n) is 3.70. The number of likely N-dealkylation sites (tertiary alicyclic amines) is 1. The van der Waals surface area contributed by atoms with Crippen LogP contribution in [0.25, 0.3) is 11.4 Å². The third-order valence-corrected chi connectivity index (χ3v) is 5.36. The van der Waals surface area contributed by atoms with Crippen LogP contribution >= 0.6 is 0 Å². The van der Waals surface area contributed by atoms with Gasteiger partial charge in [0.2, 0.25) is 5.91 Å². The molecule has 2 N–H and O–H groups in total. The van der Waals surface area contributed by atoms with E-state index >= 15 is 0 Å². The van der Waals surface area contributed by atoms with E-state index in [1.54, 1.807) is 42.5 Å². The second-order valence-corrected chi connectivity index (χ2v) is 7.25. The Morgan fingerprint density at radius 1 is 1.16 bits per heavy atom. The van der Waals surface area contributed by atoms with Gasteiger partial charge in [-0.1, -0.05) is 0 Å². The summed E-state index contributed by atoms with van der Waals surface area (Å²) in [5.41, 5.74) is 1.39. The molecule has 0 bridgehead atoms. The smallest absolute Gasteiger partial charge is 0.270 e. The molecule has 1 aliphatic rings. The van der Waals surface area contributed by atoms with E-state index in [-0.39, 0.29) is 11.6 Å². The number of benzene rings is 1. The monoisotopic (exact) mass is 429 g/mol. The van der Waals surface area contributed by atoms with Gasteiger partial charge in [-0.15, -0.1) is 0 Å². The largest absolute Gasteiger partial charge is 0.349 e. The van der Waals surface area contributed by atoms with Crippen molar-refractivity contribution in [1.82, 2.24) is 19.9 Å². The molecule has 0 spiro atoms. The molecule has 3 aromatic rings. The number of hydrogen-bond acceptors (Lipinski definition) is 4. The van der Waals surface area contributed by atoms with Gasteiger partial charge >= 0.3 is 0 Å². The van der Waals surface area contributed by atoms with Gasteiger partial charge < -0.3 is 15.2 Å². The van der Waals surface area contributed by atoms with Gasteiger partial charge in [0.15, 0.2) is 17.5 Å². The zero-order valence-electron chi connectivity index (χ0n) is 16.4. The number of aromatic nitrogens is 3. The Morgan fingerprint density at radius 3 is 2.58 bits per heavy atom. The van der Waals surface area contributed by atoms with Crippen LogP contribution in [0.15, 0.2) is 42.9 Å². The third-order valence-electron chi connectivity index (χ3n) is 5.36. The summed E-state index contributed by atoms with van der Waals surface area (Å²) in [7, 11) is 0. The van der Waals surface area contributed by atoms with E-state index in [9.17, 15) is 22.8 Å². The van der Waals surface area contributed by atoms with Crippen LogP contribution in [0.3, 0.4) is 0 Å². The molecule has 1 aromatic carbocycles. The number of rotatable bonds is 4. The summed E-state index contributed by atoms with van der Waals surface area (Å²) in [4.78, 5) is 38.3. The van der Waals surface area contributed by atoms with Crippen molar-refractivity contribution in [3.05, 3.63) is 66.0 Å². The van der Waals surface area contributed by atoms with E-state index in [0.717, 1.165) is 0 Å². The van der Waals surface area contributed by atoms with Gasteiger partial charge in [-0.25, -0.2) is 13.2 Å². The molecule has 4 rings (SSSR count). The average Bonchev–Trinajstić information content (AvgIpc) is 3.39. The number of hydrogen-bond donors (Lipinski definition) is 2. The standard InChI is InChI=1S/C21H18F3N5O2/c1-11-13(20(30)27-12-8-14(22)19(24)15(23)9-12)4-7-29(11)21(31)17-3-2-16(28-17)18-10-25-5-6-26-18/h2-3,5-6,8-11,13,28H,4,7H2,1H3,(H,27,30)/t11-,13-/m0/s1. The summed E-state index contributed by atoms with van der Waals surface area (Å²) < 4.78 is 39.9. The number of aromatic amines is 1. The third kappa shape index (κ3) is 4.00. The molecular formula is C21H18F3N5O2. The number of nitrogens with one attached hydrogen (secondary N) is 2.